The van der Waals surface area contributed by atoms with Gasteiger partial charge in [0.05, 0.1) is 6.04 Å². The van der Waals surface area contributed by atoms with Crippen molar-refractivity contribution >= 4 is 17.5 Å². The Morgan fingerprint density at radius 3 is 2.11 bits per heavy atom. The first-order chi connectivity index (χ1) is 21.3. The molecule has 0 radical (unpaired) electrons. The van der Waals surface area contributed by atoms with Gasteiger partial charge in [-0.1, -0.05) is 48.0 Å². The van der Waals surface area contributed by atoms with E-state index in [-0.39, 0.29) is 29.6 Å². The normalized spacial score (nSPS) is 19.2. The van der Waals surface area contributed by atoms with E-state index in [1.807, 2.05) is 49.4 Å². The molecule has 1 saturated carbocycles. The second-order valence-corrected chi connectivity index (χ2v) is 11.0. The lowest BCUT2D eigenvalue weighted by atomic mass is 9.99. The number of alkyl halides is 6. The number of nitrogens with zero attached hydrogens (tertiary/aromatic N) is 6. The highest BCUT2D eigenvalue weighted by molar-refractivity contribution is 6.29. The molecular weight excluding hydrogens is 626 g/mol. The number of aromatic nitrogens is 5. The van der Waals surface area contributed by atoms with Gasteiger partial charge in [0.25, 0.3) is 5.91 Å². The maximum Gasteiger partial charge on any atom is 0.435 e. The number of pyridine rings is 1. The van der Waals surface area contributed by atoms with Gasteiger partial charge in [0, 0.05) is 23.9 Å². The van der Waals surface area contributed by atoms with Gasteiger partial charge in [0.1, 0.15) is 12.3 Å². The summed E-state index contributed by atoms with van der Waals surface area (Å²) in [5.41, 5.74) is 0.702. The van der Waals surface area contributed by atoms with Crippen molar-refractivity contribution in [2.75, 3.05) is 13.2 Å². The van der Waals surface area contributed by atoms with Crippen LogP contribution in [-0.4, -0.2) is 55.4 Å². The molecule has 1 aromatic carbocycles. The summed E-state index contributed by atoms with van der Waals surface area (Å²) in [5.74, 6) is 0.837. The summed E-state index contributed by atoms with van der Waals surface area (Å²) < 4.78 is 79.2. The minimum Gasteiger partial charge on any atom is -0.474 e. The minimum absolute atomic E-state index is 0.00280. The Balaban J connectivity index is 0.000000309. The lowest BCUT2D eigenvalue weighted by molar-refractivity contribution is -0.142. The fourth-order valence-corrected chi connectivity index (χ4v) is 5.11. The molecule has 1 amide bonds. The van der Waals surface area contributed by atoms with Crippen molar-refractivity contribution < 1.29 is 35.9 Å². The number of rotatable bonds is 5. The molecule has 3 atom stereocenters. The van der Waals surface area contributed by atoms with E-state index < -0.39 is 23.7 Å². The number of piperidine rings is 1. The standard InChI is InChI=1S/C25H23F3N4O2.C5H2ClF3N2/c1-15-7-8-20(16-5-3-2-4-6-16)23(29-15)24(33)32-13-18-11-17(18)12-19(32)14-34-22-10-9-21(30-31-22)25(26,27)28;6-4-2-1-3(10-11-4)5(7,8)9/h2-10,17-19H,11-14H2,1H3;1-2H/t17-,18+,19+;/m1./s1. The summed E-state index contributed by atoms with van der Waals surface area (Å²) in [6.07, 6.45) is -7.17. The first kappa shape index (κ1) is 32.1. The van der Waals surface area contributed by atoms with Gasteiger partial charge in [0.2, 0.25) is 5.88 Å². The zero-order chi connectivity index (χ0) is 32.4. The molecule has 2 aliphatic rings. The predicted molar refractivity (Wildman–Crippen MR) is 150 cm³/mol. The second-order valence-electron chi connectivity index (χ2n) is 10.6. The molecule has 4 heterocycles. The van der Waals surface area contributed by atoms with Crippen LogP contribution in [0.15, 0.2) is 66.7 Å². The highest BCUT2D eigenvalue weighted by Crippen LogP contribution is 2.47. The van der Waals surface area contributed by atoms with Crippen molar-refractivity contribution in [3.8, 4) is 17.0 Å². The van der Waals surface area contributed by atoms with E-state index in [9.17, 15) is 31.1 Å². The van der Waals surface area contributed by atoms with Crippen LogP contribution in [0.3, 0.4) is 0 Å². The molecule has 0 N–H and O–H groups in total. The smallest absolute Gasteiger partial charge is 0.435 e. The highest BCUT2D eigenvalue weighted by atomic mass is 35.5. The molecule has 3 aromatic heterocycles. The summed E-state index contributed by atoms with van der Waals surface area (Å²) >= 11 is 5.22. The van der Waals surface area contributed by atoms with Gasteiger partial charge >= 0.3 is 12.4 Å². The summed E-state index contributed by atoms with van der Waals surface area (Å²) in [4.78, 5) is 20.1. The number of ether oxygens (including phenoxy) is 1. The molecule has 45 heavy (non-hydrogen) atoms. The number of carbonyl (C=O) groups excluding carboxylic acids is 1. The molecule has 8 nitrogen and oxygen atoms in total. The van der Waals surface area contributed by atoms with Crippen LogP contribution in [0.4, 0.5) is 26.3 Å². The van der Waals surface area contributed by atoms with Crippen LogP contribution in [-0.2, 0) is 12.4 Å². The van der Waals surface area contributed by atoms with Crippen molar-refractivity contribution in [2.45, 2.75) is 38.2 Å². The molecule has 15 heteroatoms. The molecule has 236 valence electrons. The van der Waals surface area contributed by atoms with Crippen molar-refractivity contribution in [3.05, 3.63) is 94.7 Å². The monoisotopic (exact) mass is 650 g/mol. The zero-order valence-corrected chi connectivity index (χ0v) is 24.3. The number of hydrogen-bond donors (Lipinski definition) is 0. The van der Waals surface area contributed by atoms with Gasteiger partial charge < -0.3 is 9.64 Å². The topological polar surface area (TPSA) is 94.0 Å². The molecule has 0 unspecified atom stereocenters. The zero-order valence-electron chi connectivity index (χ0n) is 23.6. The molecule has 2 fully saturated rings. The number of aryl methyl sites for hydroxylation is 1. The van der Waals surface area contributed by atoms with E-state index in [1.165, 1.54) is 0 Å². The molecule has 4 aromatic rings. The van der Waals surface area contributed by atoms with Gasteiger partial charge in [-0.2, -0.15) is 26.3 Å². The number of likely N-dealkylation sites (tertiary alicyclic amines) is 1. The Kier molecular flexibility index (Phi) is 9.23. The molecule has 1 aliphatic heterocycles. The minimum atomic E-state index is -4.56. The van der Waals surface area contributed by atoms with Crippen LogP contribution in [0.1, 0.15) is 40.4 Å². The third-order valence-corrected chi connectivity index (χ3v) is 7.58. The van der Waals surface area contributed by atoms with Gasteiger partial charge in [-0.25, -0.2) is 4.98 Å². The Bertz CT molecular complexity index is 1620. The van der Waals surface area contributed by atoms with E-state index in [0.717, 1.165) is 53.9 Å². The van der Waals surface area contributed by atoms with E-state index in [1.54, 1.807) is 4.90 Å². The summed E-state index contributed by atoms with van der Waals surface area (Å²) in [5, 5.41) is 12.6. The molecule has 6 rings (SSSR count). The van der Waals surface area contributed by atoms with E-state index in [0.29, 0.717) is 24.1 Å². The number of benzene rings is 1. The number of fused-ring (bicyclic) bond motifs is 1. The van der Waals surface area contributed by atoms with Crippen molar-refractivity contribution in [3.63, 3.8) is 0 Å². The summed E-state index contributed by atoms with van der Waals surface area (Å²) in [6.45, 7) is 2.59. The second kappa shape index (κ2) is 13.0. The van der Waals surface area contributed by atoms with E-state index in [4.69, 9.17) is 16.3 Å². The Morgan fingerprint density at radius 1 is 0.844 bits per heavy atom. The lowest BCUT2D eigenvalue weighted by Gasteiger charge is -2.35. The summed E-state index contributed by atoms with van der Waals surface area (Å²) in [6, 6.07) is 17.0. The largest absolute Gasteiger partial charge is 0.474 e. The van der Waals surface area contributed by atoms with Gasteiger partial charge in [0.15, 0.2) is 16.5 Å². The molecule has 1 saturated heterocycles. The average Bonchev–Trinajstić information content (AvgIpc) is 3.78. The molecule has 0 spiro atoms. The maximum atomic E-state index is 13.7. The van der Waals surface area contributed by atoms with Crippen molar-refractivity contribution in [1.82, 2.24) is 30.3 Å². The summed E-state index contributed by atoms with van der Waals surface area (Å²) in [7, 11) is 0. The number of hydrogen-bond acceptors (Lipinski definition) is 7. The van der Waals surface area contributed by atoms with Gasteiger partial charge in [-0.05, 0) is 61.4 Å². The molecular formula is C30H25ClF6N6O2. The Morgan fingerprint density at radius 2 is 1.51 bits per heavy atom. The average molecular weight is 651 g/mol. The number of amides is 1. The van der Waals surface area contributed by atoms with Crippen molar-refractivity contribution in [2.24, 2.45) is 11.8 Å². The predicted octanol–water partition coefficient (Wildman–Crippen LogP) is 6.94. The van der Waals surface area contributed by atoms with E-state index >= 15 is 0 Å². The molecule has 0 bridgehead atoms. The number of carbonyl (C=O) groups is 1. The van der Waals surface area contributed by atoms with Crippen LogP contribution in [0.5, 0.6) is 5.88 Å². The highest BCUT2D eigenvalue weighted by Gasteiger charge is 2.48. The fraction of sp³-hybridized carbons (Fsp3) is 0.333. The Labute approximate surface area is 258 Å². The first-order valence-corrected chi connectivity index (χ1v) is 14.1. The molecule has 1 aliphatic carbocycles. The van der Waals surface area contributed by atoms with Gasteiger partial charge in [-0.3, -0.25) is 4.79 Å². The Hall–Kier alpha value is -4.33. The fourth-order valence-electron chi connectivity index (χ4n) is 5.01. The van der Waals surface area contributed by atoms with Crippen LogP contribution < -0.4 is 4.74 Å². The third-order valence-electron chi connectivity index (χ3n) is 7.38. The first-order valence-electron chi connectivity index (χ1n) is 13.7. The number of halogens is 7. The van der Waals surface area contributed by atoms with E-state index in [2.05, 4.69) is 25.4 Å². The van der Waals surface area contributed by atoms with Crippen molar-refractivity contribution in [1.29, 1.82) is 0 Å². The third kappa shape index (κ3) is 8.04. The maximum absolute atomic E-state index is 13.7. The van der Waals surface area contributed by atoms with Crippen LogP contribution in [0.25, 0.3) is 11.1 Å². The van der Waals surface area contributed by atoms with Gasteiger partial charge in [-0.15, -0.1) is 20.4 Å². The van der Waals surface area contributed by atoms with Crippen LogP contribution in [0, 0.1) is 18.8 Å². The van der Waals surface area contributed by atoms with Crippen LogP contribution >= 0.6 is 11.6 Å². The quantitative estimate of drug-likeness (QED) is 0.216. The van der Waals surface area contributed by atoms with Crippen LogP contribution in [0.2, 0.25) is 5.15 Å². The lowest BCUT2D eigenvalue weighted by Crippen LogP contribution is -2.48. The SMILES string of the molecule is Cc1ccc(-c2ccccc2)c(C(=O)N2C[C@@H]3C[C@@H]3C[C@H]2COc2ccc(C(F)(F)F)nn2)n1.FC(F)(F)c1ccc(Cl)nn1.